The molecule has 0 saturated carbocycles. The minimum Gasteiger partial charge on any atom is -0.386 e. The van der Waals surface area contributed by atoms with Gasteiger partial charge >= 0.3 is 0 Å². The number of aliphatic hydroxyl groups excluding tert-OH is 1. The summed E-state index contributed by atoms with van der Waals surface area (Å²) in [4.78, 5) is 4.19. The zero-order valence-electron chi connectivity index (χ0n) is 8.98. The molecule has 0 aliphatic carbocycles. The Bertz CT molecular complexity index is 499. The Morgan fingerprint density at radius 2 is 1.82 bits per heavy atom. The lowest BCUT2D eigenvalue weighted by atomic mass is 10.1. The molecule has 17 heavy (non-hydrogen) atoms. The fraction of sp³-hybridized carbons (Fsp3) is 0.154. The van der Waals surface area contributed by atoms with Gasteiger partial charge in [0.2, 0.25) is 0 Å². The molecule has 1 unspecified atom stereocenters. The van der Waals surface area contributed by atoms with Gasteiger partial charge in [0.1, 0.15) is 6.10 Å². The highest BCUT2D eigenvalue weighted by atomic mass is 79.9. The fourth-order valence-electron chi connectivity index (χ4n) is 1.58. The SMILES string of the molecule is OC(Cc1ccc(Br)cc1)c1ncccc1Br. The Hall–Kier alpha value is -0.710. The number of aromatic nitrogens is 1. The Morgan fingerprint density at radius 3 is 2.47 bits per heavy atom. The van der Waals surface area contributed by atoms with Gasteiger partial charge in [-0.05, 0) is 45.8 Å². The monoisotopic (exact) mass is 355 g/mol. The first-order valence-electron chi connectivity index (χ1n) is 5.20. The van der Waals surface area contributed by atoms with Crippen molar-refractivity contribution >= 4 is 31.9 Å². The van der Waals surface area contributed by atoms with Crippen LogP contribution in [0, 0.1) is 0 Å². The highest BCUT2D eigenvalue weighted by Crippen LogP contribution is 2.24. The number of pyridine rings is 1. The molecule has 1 N–H and O–H groups in total. The molecule has 0 bridgehead atoms. The van der Waals surface area contributed by atoms with Gasteiger partial charge in [0.05, 0.1) is 5.69 Å². The molecular formula is C13H11Br2NO. The van der Waals surface area contributed by atoms with Gasteiger partial charge in [-0.3, -0.25) is 4.98 Å². The van der Waals surface area contributed by atoms with E-state index in [1.54, 1.807) is 6.20 Å². The van der Waals surface area contributed by atoms with Crippen LogP contribution in [0.2, 0.25) is 0 Å². The molecule has 4 heteroatoms. The van der Waals surface area contributed by atoms with E-state index in [4.69, 9.17) is 0 Å². The number of nitrogens with zero attached hydrogens (tertiary/aromatic N) is 1. The third kappa shape index (κ3) is 3.37. The molecule has 0 saturated heterocycles. The van der Waals surface area contributed by atoms with E-state index in [-0.39, 0.29) is 0 Å². The topological polar surface area (TPSA) is 33.1 Å². The van der Waals surface area contributed by atoms with Crippen LogP contribution in [0.25, 0.3) is 0 Å². The minimum atomic E-state index is -0.591. The van der Waals surface area contributed by atoms with Crippen molar-refractivity contribution in [3.8, 4) is 0 Å². The molecule has 1 aromatic heterocycles. The number of rotatable bonds is 3. The lowest BCUT2D eigenvalue weighted by Crippen LogP contribution is -2.04. The molecule has 0 amide bonds. The summed E-state index contributed by atoms with van der Waals surface area (Å²) in [6, 6.07) is 11.6. The molecule has 88 valence electrons. The maximum absolute atomic E-state index is 10.1. The van der Waals surface area contributed by atoms with Crippen LogP contribution in [-0.4, -0.2) is 10.1 Å². The second-order valence-corrected chi connectivity index (χ2v) is 5.49. The van der Waals surface area contributed by atoms with Gasteiger partial charge in [0, 0.05) is 21.6 Å². The van der Waals surface area contributed by atoms with E-state index in [1.807, 2.05) is 36.4 Å². The van der Waals surface area contributed by atoms with Gasteiger partial charge in [-0.1, -0.05) is 28.1 Å². The van der Waals surface area contributed by atoms with E-state index in [0.717, 1.165) is 14.5 Å². The second-order valence-electron chi connectivity index (χ2n) is 3.72. The van der Waals surface area contributed by atoms with Crippen molar-refractivity contribution in [2.24, 2.45) is 0 Å². The smallest absolute Gasteiger partial charge is 0.101 e. The van der Waals surface area contributed by atoms with Gasteiger partial charge in [0.15, 0.2) is 0 Å². The van der Waals surface area contributed by atoms with Crippen molar-refractivity contribution in [2.45, 2.75) is 12.5 Å². The molecule has 1 atom stereocenters. The zero-order chi connectivity index (χ0) is 12.3. The van der Waals surface area contributed by atoms with Crippen molar-refractivity contribution in [3.05, 3.63) is 62.8 Å². The first kappa shape index (κ1) is 12.7. The summed E-state index contributed by atoms with van der Waals surface area (Å²) in [7, 11) is 0. The molecule has 0 spiro atoms. The third-order valence-electron chi connectivity index (χ3n) is 2.44. The third-order valence-corrected chi connectivity index (χ3v) is 3.64. The summed E-state index contributed by atoms with van der Waals surface area (Å²) in [5.41, 5.74) is 1.76. The summed E-state index contributed by atoms with van der Waals surface area (Å²) < 4.78 is 1.87. The van der Waals surface area contributed by atoms with Crippen LogP contribution in [0.15, 0.2) is 51.5 Å². The zero-order valence-corrected chi connectivity index (χ0v) is 12.1. The maximum Gasteiger partial charge on any atom is 0.101 e. The van der Waals surface area contributed by atoms with Gasteiger partial charge in [-0.15, -0.1) is 0 Å². The van der Waals surface area contributed by atoms with Crippen LogP contribution >= 0.6 is 31.9 Å². The molecule has 1 heterocycles. The Balaban J connectivity index is 2.14. The Morgan fingerprint density at radius 1 is 1.12 bits per heavy atom. The van der Waals surface area contributed by atoms with E-state index in [9.17, 15) is 5.11 Å². The van der Waals surface area contributed by atoms with Crippen molar-refractivity contribution in [3.63, 3.8) is 0 Å². The van der Waals surface area contributed by atoms with E-state index in [1.165, 1.54) is 0 Å². The molecule has 1 aromatic carbocycles. The number of hydrogen-bond donors (Lipinski definition) is 1. The normalized spacial score (nSPS) is 12.4. The quantitative estimate of drug-likeness (QED) is 0.905. The lowest BCUT2D eigenvalue weighted by Gasteiger charge is -2.11. The van der Waals surface area contributed by atoms with Crippen LogP contribution in [0.3, 0.4) is 0 Å². The standard InChI is InChI=1S/C13H11Br2NO/c14-10-5-3-9(4-6-10)8-12(17)13-11(15)2-1-7-16-13/h1-7,12,17H,8H2. The van der Waals surface area contributed by atoms with E-state index >= 15 is 0 Å². The summed E-state index contributed by atoms with van der Waals surface area (Å²) in [5, 5.41) is 10.1. The van der Waals surface area contributed by atoms with Crippen LogP contribution in [0.5, 0.6) is 0 Å². The predicted octanol–water partition coefficient (Wildman–Crippen LogP) is 3.88. The molecule has 2 rings (SSSR count). The molecule has 0 fully saturated rings. The van der Waals surface area contributed by atoms with Crippen molar-refractivity contribution in [2.75, 3.05) is 0 Å². The molecule has 0 radical (unpaired) electrons. The number of hydrogen-bond acceptors (Lipinski definition) is 2. The predicted molar refractivity (Wildman–Crippen MR) is 74.7 cm³/mol. The average molecular weight is 357 g/mol. The number of benzene rings is 1. The van der Waals surface area contributed by atoms with E-state index < -0.39 is 6.10 Å². The van der Waals surface area contributed by atoms with Crippen LogP contribution < -0.4 is 0 Å². The Kier molecular flexibility index (Phi) is 4.31. The average Bonchev–Trinajstić information content (AvgIpc) is 2.32. The van der Waals surface area contributed by atoms with Crippen molar-refractivity contribution in [1.82, 2.24) is 4.98 Å². The van der Waals surface area contributed by atoms with Crippen molar-refractivity contribution < 1.29 is 5.11 Å². The van der Waals surface area contributed by atoms with Gasteiger partial charge in [-0.25, -0.2) is 0 Å². The molecule has 0 aliphatic rings. The van der Waals surface area contributed by atoms with Crippen LogP contribution in [-0.2, 0) is 6.42 Å². The highest BCUT2D eigenvalue weighted by Gasteiger charge is 2.12. The van der Waals surface area contributed by atoms with Crippen LogP contribution in [0.1, 0.15) is 17.4 Å². The van der Waals surface area contributed by atoms with Crippen LogP contribution in [0.4, 0.5) is 0 Å². The largest absolute Gasteiger partial charge is 0.386 e. The number of aliphatic hydroxyl groups is 1. The van der Waals surface area contributed by atoms with Gasteiger partial charge in [-0.2, -0.15) is 0 Å². The first-order chi connectivity index (χ1) is 8.16. The van der Waals surface area contributed by atoms with E-state index in [0.29, 0.717) is 12.1 Å². The minimum absolute atomic E-state index is 0.558. The van der Waals surface area contributed by atoms with Gasteiger partial charge in [0.25, 0.3) is 0 Å². The Labute approximate surface area is 117 Å². The molecular weight excluding hydrogens is 346 g/mol. The first-order valence-corrected chi connectivity index (χ1v) is 6.78. The van der Waals surface area contributed by atoms with Crippen molar-refractivity contribution in [1.29, 1.82) is 0 Å². The fourth-order valence-corrected chi connectivity index (χ4v) is 2.37. The lowest BCUT2D eigenvalue weighted by molar-refractivity contribution is 0.173. The highest BCUT2D eigenvalue weighted by molar-refractivity contribution is 9.10. The summed E-state index contributed by atoms with van der Waals surface area (Å²) in [6.07, 6.45) is 1.65. The molecule has 0 aliphatic heterocycles. The molecule has 2 aromatic rings. The maximum atomic E-state index is 10.1. The van der Waals surface area contributed by atoms with Gasteiger partial charge < -0.3 is 5.11 Å². The summed E-state index contributed by atoms with van der Waals surface area (Å²) in [6.45, 7) is 0. The van der Waals surface area contributed by atoms with E-state index in [2.05, 4.69) is 36.8 Å². The number of halogens is 2. The second kappa shape index (κ2) is 5.76. The summed E-state index contributed by atoms with van der Waals surface area (Å²) >= 11 is 6.78. The molecule has 2 nitrogen and oxygen atoms in total. The summed E-state index contributed by atoms with van der Waals surface area (Å²) in [5.74, 6) is 0.